The summed E-state index contributed by atoms with van der Waals surface area (Å²) in [4.78, 5) is 40.0. The van der Waals surface area contributed by atoms with E-state index >= 15 is 0 Å². The van der Waals surface area contributed by atoms with Crippen LogP contribution in [0.2, 0.25) is 0 Å². The third kappa shape index (κ3) is 6.34. The Hall–Kier alpha value is -3.36. The molecule has 1 amide bonds. The number of aliphatic hydroxyl groups excluding tert-OH is 1. The average Bonchev–Trinajstić information content (AvgIpc) is 3.33. The normalized spacial score (nSPS) is 16.8. The minimum atomic E-state index is -4.64. The highest BCUT2D eigenvalue weighted by Crippen LogP contribution is 2.30. The quantitative estimate of drug-likeness (QED) is 0.382. The number of tetrazole rings is 1. The SMILES string of the molecule is Cn1nnc(-c2ccc(-c3ccc(N4C[C@@H](C(O)F)OC4=O)cc3F)cn2)n1.O=P(O)(O)O. The number of hydrogen-bond donors (Lipinski definition) is 4. The minimum Gasteiger partial charge on any atom is -0.438 e. The molecule has 4 N–H and O–H groups in total. The van der Waals surface area contributed by atoms with Crippen molar-refractivity contribution in [3.63, 3.8) is 0 Å². The van der Waals surface area contributed by atoms with E-state index in [2.05, 4.69) is 20.4 Å². The van der Waals surface area contributed by atoms with Gasteiger partial charge in [-0.1, -0.05) is 6.07 Å². The number of phosphoric acid groups is 1. The number of cyclic esters (lactones) is 1. The number of ether oxygens (including phenoxy) is 1. The van der Waals surface area contributed by atoms with E-state index in [1.807, 2.05) is 0 Å². The Morgan fingerprint density at radius 1 is 1.24 bits per heavy atom. The number of amides is 1. The smallest absolute Gasteiger partial charge is 0.438 e. The standard InChI is InChI=1S/C17H14F2N6O3.H3O4P/c1-24-22-16(21-23-24)13-5-2-9(7-20-13)11-4-3-10(6-12(11)18)25-8-14(15(19)26)28-17(25)27;1-5(2,3)4/h2-7,14-15,26H,8H2,1H3;(H3,1,2,3,4)/t14-,15?;/m0./s1. The van der Waals surface area contributed by atoms with Crippen LogP contribution in [-0.2, 0) is 16.3 Å². The molecule has 1 fully saturated rings. The third-order valence-corrected chi connectivity index (χ3v) is 4.22. The van der Waals surface area contributed by atoms with Crippen molar-refractivity contribution in [3.8, 4) is 22.6 Å². The van der Waals surface area contributed by atoms with E-state index in [1.165, 1.54) is 23.1 Å². The summed E-state index contributed by atoms with van der Waals surface area (Å²) in [6.45, 7) is -0.212. The Morgan fingerprint density at radius 3 is 2.42 bits per heavy atom. The molecule has 0 spiro atoms. The second-order valence-electron chi connectivity index (χ2n) is 6.62. The van der Waals surface area contributed by atoms with Crippen molar-refractivity contribution in [2.24, 2.45) is 7.05 Å². The summed E-state index contributed by atoms with van der Waals surface area (Å²) in [6, 6.07) is 7.43. The molecule has 2 aromatic heterocycles. The molecule has 3 aromatic rings. The molecule has 0 aliphatic carbocycles. The molecule has 1 saturated heterocycles. The molecule has 0 radical (unpaired) electrons. The predicted octanol–water partition coefficient (Wildman–Crippen LogP) is 0.763. The fraction of sp³-hybridized carbons (Fsp3) is 0.235. The highest BCUT2D eigenvalue weighted by molar-refractivity contribution is 7.45. The van der Waals surface area contributed by atoms with Crippen LogP contribution in [-0.4, -0.2) is 70.1 Å². The van der Waals surface area contributed by atoms with E-state index in [0.29, 0.717) is 17.1 Å². The Morgan fingerprint density at radius 2 is 1.94 bits per heavy atom. The summed E-state index contributed by atoms with van der Waals surface area (Å²) in [5.41, 5.74) is 1.47. The predicted molar refractivity (Wildman–Crippen MR) is 106 cm³/mol. The van der Waals surface area contributed by atoms with E-state index in [0.717, 1.165) is 11.0 Å². The number of anilines is 1. The minimum absolute atomic E-state index is 0.197. The van der Waals surface area contributed by atoms with Gasteiger partial charge in [-0.3, -0.25) is 9.88 Å². The van der Waals surface area contributed by atoms with Gasteiger partial charge in [-0.05, 0) is 29.5 Å². The second-order valence-corrected chi connectivity index (χ2v) is 7.64. The van der Waals surface area contributed by atoms with Gasteiger partial charge in [0.05, 0.1) is 19.3 Å². The van der Waals surface area contributed by atoms with Crippen LogP contribution in [0, 0.1) is 5.82 Å². The first-order valence-electron chi connectivity index (χ1n) is 9.01. The molecule has 0 saturated carbocycles. The van der Waals surface area contributed by atoms with Crippen LogP contribution >= 0.6 is 7.82 Å². The van der Waals surface area contributed by atoms with Crippen molar-refractivity contribution in [3.05, 3.63) is 42.3 Å². The third-order valence-electron chi connectivity index (χ3n) is 4.22. The van der Waals surface area contributed by atoms with Crippen LogP contribution in [0.25, 0.3) is 22.6 Å². The molecule has 33 heavy (non-hydrogen) atoms. The van der Waals surface area contributed by atoms with Crippen molar-refractivity contribution in [2.75, 3.05) is 11.4 Å². The highest BCUT2D eigenvalue weighted by Gasteiger charge is 2.37. The Bertz CT molecular complexity index is 1180. The molecule has 4 rings (SSSR count). The lowest BCUT2D eigenvalue weighted by molar-refractivity contribution is -0.0503. The fourth-order valence-electron chi connectivity index (χ4n) is 2.82. The summed E-state index contributed by atoms with van der Waals surface area (Å²) in [5.74, 6) is -0.247. The fourth-order valence-corrected chi connectivity index (χ4v) is 2.82. The largest absolute Gasteiger partial charge is 0.466 e. The number of pyridine rings is 1. The number of halogens is 2. The van der Waals surface area contributed by atoms with Crippen molar-refractivity contribution in [1.82, 2.24) is 25.2 Å². The lowest BCUT2D eigenvalue weighted by Crippen LogP contribution is -2.28. The molecule has 2 atom stereocenters. The van der Waals surface area contributed by atoms with Crippen molar-refractivity contribution in [2.45, 2.75) is 12.5 Å². The maximum Gasteiger partial charge on any atom is 0.466 e. The van der Waals surface area contributed by atoms with Crippen LogP contribution in [0.15, 0.2) is 36.5 Å². The number of aryl methyl sites for hydroxylation is 1. The molecule has 13 nitrogen and oxygen atoms in total. The summed E-state index contributed by atoms with van der Waals surface area (Å²) >= 11 is 0. The number of benzene rings is 1. The van der Waals surface area contributed by atoms with E-state index in [4.69, 9.17) is 29.1 Å². The number of nitrogens with zero attached hydrogens (tertiary/aromatic N) is 6. The van der Waals surface area contributed by atoms with E-state index in [9.17, 15) is 13.6 Å². The zero-order chi connectivity index (χ0) is 24.3. The van der Waals surface area contributed by atoms with Gasteiger partial charge in [-0.2, -0.15) is 4.80 Å². The summed E-state index contributed by atoms with van der Waals surface area (Å²) in [7, 11) is -3.01. The van der Waals surface area contributed by atoms with Crippen LogP contribution in [0.3, 0.4) is 0 Å². The van der Waals surface area contributed by atoms with Gasteiger partial charge in [-0.25, -0.2) is 18.1 Å². The molecule has 1 aliphatic rings. The number of carbonyl (C=O) groups is 1. The van der Waals surface area contributed by atoms with Crippen molar-refractivity contribution < 1.29 is 42.7 Å². The molecule has 176 valence electrons. The molecular weight excluding hydrogens is 469 g/mol. The number of aromatic nitrogens is 5. The van der Waals surface area contributed by atoms with Gasteiger partial charge in [0.15, 0.2) is 6.10 Å². The number of rotatable bonds is 4. The van der Waals surface area contributed by atoms with Gasteiger partial charge >= 0.3 is 13.9 Å². The van der Waals surface area contributed by atoms with E-state index in [-0.39, 0.29) is 17.8 Å². The monoisotopic (exact) mass is 486 g/mol. The first kappa shape index (κ1) is 24.3. The lowest BCUT2D eigenvalue weighted by Gasteiger charge is -2.14. The molecular formula is C17H17F2N6O7P. The van der Waals surface area contributed by atoms with Crippen molar-refractivity contribution in [1.29, 1.82) is 0 Å². The lowest BCUT2D eigenvalue weighted by atomic mass is 10.1. The Balaban J connectivity index is 0.000000555. The highest BCUT2D eigenvalue weighted by atomic mass is 31.2. The van der Waals surface area contributed by atoms with Crippen molar-refractivity contribution >= 4 is 19.6 Å². The Kier molecular flexibility index (Phi) is 7.09. The molecule has 1 aliphatic heterocycles. The molecule has 0 bridgehead atoms. The maximum atomic E-state index is 14.6. The number of hydrogen-bond acceptors (Lipinski definition) is 8. The number of alkyl halides is 1. The van der Waals surface area contributed by atoms with Gasteiger partial charge < -0.3 is 24.5 Å². The van der Waals surface area contributed by atoms with Crippen LogP contribution < -0.4 is 4.90 Å². The first-order chi connectivity index (χ1) is 15.4. The first-order valence-corrected chi connectivity index (χ1v) is 10.6. The summed E-state index contributed by atoms with van der Waals surface area (Å²) in [6.07, 6.45) is -2.98. The molecule has 16 heteroatoms. The summed E-state index contributed by atoms with van der Waals surface area (Å²) < 4.78 is 41.2. The molecule has 1 aromatic carbocycles. The zero-order valence-electron chi connectivity index (χ0n) is 16.7. The van der Waals surface area contributed by atoms with Crippen LogP contribution in [0.4, 0.5) is 19.3 Å². The van der Waals surface area contributed by atoms with Crippen LogP contribution in [0.5, 0.6) is 0 Å². The van der Waals surface area contributed by atoms with Crippen LogP contribution in [0.1, 0.15) is 0 Å². The van der Waals surface area contributed by atoms with Gasteiger partial charge in [-0.15, -0.1) is 10.2 Å². The maximum absolute atomic E-state index is 14.6. The molecule has 1 unspecified atom stereocenters. The zero-order valence-corrected chi connectivity index (χ0v) is 17.6. The molecule has 3 heterocycles. The van der Waals surface area contributed by atoms with Gasteiger partial charge in [0.2, 0.25) is 12.2 Å². The topological polar surface area (TPSA) is 184 Å². The van der Waals surface area contributed by atoms with E-state index < -0.39 is 32.2 Å². The Labute approximate surface area is 184 Å². The van der Waals surface area contributed by atoms with Gasteiger partial charge in [0.25, 0.3) is 0 Å². The number of aliphatic hydroxyl groups is 1. The number of carbonyl (C=O) groups excluding carboxylic acids is 1. The van der Waals surface area contributed by atoms with Gasteiger partial charge in [0.1, 0.15) is 11.5 Å². The summed E-state index contributed by atoms with van der Waals surface area (Å²) in [5, 5.41) is 20.6. The van der Waals surface area contributed by atoms with Gasteiger partial charge in [0, 0.05) is 17.3 Å². The second kappa shape index (κ2) is 9.64. The van der Waals surface area contributed by atoms with E-state index in [1.54, 1.807) is 19.2 Å². The average molecular weight is 486 g/mol.